The van der Waals surface area contributed by atoms with E-state index in [1.54, 1.807) is 0 Å². The van der Waals surface area contributed by atoms with Crippen molar-refractivity contribution < 1.29 is 0 Å². The van der Waals surface area contributed by atoms with Gasteiger partial charge in [-0.2, -0.15) is 0 Å². The maximum atomic E-state index is 3.55. The molecule has 0 heterocycles. The molecule has 0 N–H and O–H groups in total. The molecule has 0 spiro atoms. The average Bonchev–Trinajstić information content (AvgIpc) is 2.10. The molecular weight excluding hydrogens is 212 g/mol. The summed E-state index contributed by atoms with van der Waals surface area (Å²) < 4.78 is 0. The van der Waals surface area contributed by atoms with Gasteiger partial charge in [-0.1, -0.05) is 47.1 Å². The predicted octanol–water partition coefficient (Wildman–Crippen LogP) is 3.88. The summed E-state index contributed by atoms with van der Waals surface area (Å²) in [5.41, 5.74) is 2.89. The van der Waals surface area contributed by atoms with Crippen molar-refractivity contribution in [1.82, 2.24) is 0 Å². The fourth-order valence-electron chi connectivity index (χ4n) is 1.46. The van der Waals surface area contributed by atoms with Gasteiger partial charge in [-0.15, -0.1) is 0 Å². The van der Waals surface area contributed by atoms with E-state index < -0.39 is 0 Å². The van der Waals surface area contributed by atoms with Crippen LogP contribution in [0.3, 0.4) is 0 Å². The molecule has 1 heteroatoms. The zero-order chi connectivity index (χ0) is 8.97. The third-order valence-electron chi connectivity index (χ3n) is 2.31. The van der Waals surface area contributed by atoms with E-state index >= 15 is 0 Å². The van der Waals surface area contributed by atoms with Crippen LogP contribution in [-0.2, 0) is 0 Å². The molecular formula is C11H15Br. The SMILES string of the molecule is CCC(CBr)c1ccccc1C. The van der Waals surface area contributed by atoms with Gasteiger partial charge in [-0.3, -0.25) is 0 Å². The molecule has 1 rings (SSSR count). The van der Waals surface area contributed by atoms with Crippen LogP contribution in [-0.4, -0.2) is 5.33 Å². The van der Waals surface area contributed by atoms with Crippen molar-refractivity contribution in [3.8, 4) is 0 Å². The fraction of sp³-hybridized carbons (Fsp3) is 0.455. The fourth-order valence-corrected chi connectivity index (χ4v) is 2.26. The number of benzene rings is 1. The first kappa shape index (κ1) is 9.79. The number of rotatable bonds is 3. The van der Waals surface area contributed by atoms with Gasteiger partial charge in [0, 0.05) is 5.33 Å². The normalized spacial score (nSPS) is 12.9. The zero-order valence-corrected chi connectivity index (χ0v) is 9.26. The Morgan fingerprint density at radius 1 is 1.33 bits per heavy atom. The van der Waals surface area contributed by atoms with E-state index in [1.807, 2.05) is 0 Å². The van der Waals surface area contributed by atoms with Crippen LogP contribution >= 0.6 is 15.9 Å². The van der Waals surface area contributed by atoms with Crippen molar-refractivity contribution in [3.63, 3.8) is 0 Å². The molecule has 12 heavy (non-hydrogen) atoms. The van der Waals surface area contributed by atoms with Crippen LogP contribution in [0.15, 0.2) is 24.3 Å². The first-order valence-electron chi connectivity index (χ1n) is 4.41. The minimum atomic E-state index is 0.672. The number of halogens is 1. The highest BCUT2D eigenvalue weighted by Gasteiger charge is 2.08. The summed E-state index contributed by atoms with van der Waals surface area (Å²) >= 11 is 3.55. The molecule has 0 fully saturated rings. The van der Waals surface area contributed by atoms with Gasteiger partial charge in [0.05, 0.1) is 0 Å². The van der Waals surface area contributed by atoms with Crippen LogP contribution in [0.25, 0.3) is 0 Å². The van der Waals surface area contributed by atoms with Crippen molar-refractivity contribution in [1.29, 1.82) is 0 Å². The van der Waals surface area contributed by atoms with Crippen LogP contribution < -0.4 is 0 Å². The highest BCUT2D eigenvalue weighted by molar-refractivity contribution is 9.09. The minimum absolute atomic E-state index is 0.672. The van der Waals surface area contributed by atoms with Crippen LogP contribution in [0, 0.1) is 6.92 Å². The third kappa shape index (κ3) is 2.10. The number of alkyl halides is 1. The monoisotopic (exact) mass is 226 g/mol. The van der Waals surface area contributed by atoms with E-state index in [-0.39, 0.29) is 0 Å². The Bertz CT molecular complexity index is 239. The molecule has 0 aliphatic heterocycles. The molecule has 0 nitrogen and oxygen atoms in total. The highest BCUT2D eigenvalue weighted by Crippen LogP contribution is 2.24. The second kappa shape index (κ2) is 4.66. The van der Waals surface area contributed by atoms with Gasteiger partial charge in [-0.05, 0) is 30.4 Å². The molecule has 0 radical (unpaired) electrons. The van der Waals surface area contributed by atoms with E-state index in [2.05, 4.69) is 54.0 Å². The molecule has 1 unspecified atom stereocenters. The summed E-state index contributed by atoms with van der Waals surface area (Å²) in [6.45, 7) is 4.42. The zero-order valence-electron chi connectivity index (χ0n) is 7.68. The van der Waals surface area contributed by atoms with Gasteiger partial charge in [0.25, 0.3) is 0 Å². The summed E-state index contributed by atoms with van der Waals surface area (Å²) in [6, 6.07) is 8.62. The standard InChI is InChI=1S/C11H15Br/c1-3-10(8-12)11-7-5-4-6-9(11)2/h4-7,10H,3,8H2,1-2H3. The van der Waals surface area contributed by atoms with Gasteiger partial charge in [0.1, 0.15) is 0 Å². The smallest absolute Gasteiger partial charge is 0.0100 e. The maximum Gasteiger partial charge on any atom is 0.0100 e. The van der Waals surface area contributed by atoms with Crippen molar-refractivity contribution in [3.05, 3.63) is 35.4 Å². The van der Waals surface area contributed by atoms with E-state index in [1.165, 1.54) is 17.5 Å². The van der Waals surface area contributed by atoms with Gasteiger partial charge < -0.3 is 0 Å². The topological polar surface area (TPSA) is 0 Å². The Hall–Kier alpha value is -0.300. The lowest BCUT2D eigenvalue weighted by Crippen LogP contribution is -2.00. The first-order chi connectivity index (χ1) is 5.79. The molecule has 0 saturated heterocycles. The van der Waals surface area contributed by atoms with Crippen molar-refractivity contribution in [2.24, 2.45) is 0 Å². The Labute approximate surface area is 83.1 Å². The van der Waals surface area contributed by atoms with E-state index in [9.17, 15) is 0 Å². The molecule has 0 aliphatic rings. The predicted molar refractivity (Wildman–Crippen MR) is 58.0 cm³/mol. The molecule has 0 aromatic heterocycles. The van der Waals surface area contributed by atoms with E-state index in [4.69, 9.17) is 0 Å². The third-order valence-corrected chi connectivity index (χ3v) is 3.09. The molecule has 0 aliphatic carbocycles. The molecule has 1 atom stereocenters. The molecule has 66 valence electrons. The summed E-state index contributed by atoms with van der Waals surface area (Å²) in [6.07, 6.45) is 1.20. The largest absolute Gasteiger partial charge is 0.0921 e. The lowest BCUT2D eigenvalue weighted by molar-refractivity contribution is 0.743. The van der Waals surface area contributed by atoms with Gasteiger partial charge in [0.15, 0.2) is 0 Å². The maximum absolute atomic E-state index is 3.55. The Balaban J connectivity index is 2.92. The van der Waals surface area contributed by atoms with Gasteiger partial charge in [0.2, 0.25) is 0 Å². The molecule has 0 amide bonds. The highest BCUT2D eigenvalue weighted by atomic mass is 79.9. The molecule has 0 saturated carbocycles. The van der Waals surface area contributed by atoms with Crippen LogP contribution in [0.4, 0.5) is 0 Å². The molecule has 1 aromatic carbocycles. The van der Waals surface area contributed by atoms with Crippen molar-refractivity contribution in [2.75, 3.05) is 5.33 Å². The van der Waals surface area contributed by atoms with Crippen LogP contribution in [0.1, 0.15) is 30.4 Å². The van der Waals surface area contributed by atoms with E-state index in [0.29, 0.717) is 5.92 Å². The molecule has 1 aromatic rings. The lowest BCUT2D eigenvalue weighted by atomic mass is 9.95. The summed E-state index contributed by atoms with van der Waals surface area (Å²) in [7, 11) is 0. The second-order valence-electron chi connectivity index (χ2n) is 3.12. The molecule has 0 bridgehead atoms. The lowest BCUT2D eigenvalue weighted by Gasteiger charge is -2.14. The van der Waals surface area contributed by atoms with Crippen LogP contribution in [0.5, 0.6) is 0 Å². The quantitative estimate of drug-likeness (QED) is 0.687. The summed E-state index contributed by atoms with van der Waals surface area (Å²) in [5.74, 6) is 0.672. The Kier molecular flexibility index (Phi) is 3.80. The average molecular weight is 227 g/mol. The van der Waals surface area contributed by atoms with E-state index in [0.717, 1.165) is 5.33 Å². The summed E-state index contributed by atoms with van der Waals surface area (Å²) in [4.78, 5) is 0. The number of aryl methyl sites for hydroxylation is 1. The van der Waals surface area contributed by atoms with Gasteiger partial charge in [-0.25, -0.2) is 0 Å². The number of hydrogen-bond donors (Lipinski definition) is 0. The first-order valence-corrected chi connectivity index (χ1v) is 5.53. The van der Waals surface area contributed by atoms with Crippen molar-refractivity contribution >= 4 is 15.9 Å². The minimum Gasteiger partial charge on any atom is -0.0921 e. The Morgan fingerprint density at radius 2 is 2.00 bits per heavy atom. The van der Waals surface area contributed by atoms with Crippen molar-refractivity contribution in [2.45, 2.75) is 26.2 Å². The number of hydrogen-bond acceptors (Lipinski definition) is 0. The Morgan fingerprint density at radius 3 is 2.50 bits per heavy atom. The van der Waals surface area contributed by atoms with Crippen LogP contribution in [0.2, 0.25) is 0 Å². The second-order valence-corrected chi connectivity index (χ2v) is 3.76. The van der Waals surface area contributed by atoms with Gasteiger partial charge >= 0.3 is 0 Å². The summed E-state index contributed by atoms with van der Waals surface area (Å²) in [5, 5.41) is 1.06.